The quantitative estimate of drug-likeness (QED) is 0.435. The van der Waals surface area contributed by atoms with Crippen LogP contribution < -0.4 is 15.1 Å². The molecule has 1 N–H and O–H groups in total. The van der Waals surface area contributed by atoms with Crippen LogP contribution in [-0.2, 0) is 0 Å². The van der Waals surface area contributed by atoms with Gasteiger partial charge in [0, 0.05) is 36.3 Å². The molecule has 0 atom stereocenters. The van der Waals surface area contributed by atoms with Gasteiger partial charge in [-0.3, -0.25) is 10.1 Å². The number of halogens is 2. The van der Waals surface area contributed by atoms with Crippen molar-refractivity contribution in [2.75, 3.05) is 41.3 Å². The second kappa shape index (κ2) is 8.62. The standard InChI is InChI=1S/C20H18BrFN6O2/c21-14-6-7-17(16(22)12-14)25-19-18(28(29)30)20(24-13-23-19)27-10-8-26(9-11-27)15-4-2-1-3-5-15/h1-7,12-13H,8-11H2,(H,23,24,25). The Balaban J connectivity index is 1.58. The van der Waals surface area contributed by atoms with Crippen molar-refractivity contribution in [3.8, 4) is 0 Å². The number of anilines is 4. The summed E-state index contributed by atoms with van der Waals surface area (Å²) < 4.78 is 14.8. The number of nitrogens with zero attached hydrogens (tertiary/aromatic N) is 5. The van der Waals surface area contributed by atoms with Crippen LogP contribution in [0, 0.1) is 15.9 Å². The molecule has 0 spiro atoms. The third-order valence-corrected chi connectivity index (χ3v) is 5.36. The second-order valence-electron chi connectivity index (χ2n) is 6.71. The van der Waals surface area contributed by atoms with Gasteiger partial charge in [-0.2, -0.15) is 0 Å². The van der Waals surface area contributed by atoms with Gasteiger partial charge in [0.2, 0.25) is 11.6 Å². The smallest absolute Gasteiger partial charge is 0.353 e. The Labute approximate surface area is 180 Å². The van der Waals surface area contributed by atoms with E-state index in [-0.39, 0.29) is 23.0 Å². The molecule has 0 aliphatic carbocycles. The molecule has 2 aromatic carbocycles. The largest absolute Gasteiger partial charge is 0.368 e. The van der Waals surface area contributed by atoms with Gasteiger partial charge in [-0.1, -0.05) is 34.1 Å². The number of hydrogen-bond acceptors (Lipinski definition) is 7. The van der Waals surface area contributed by atoms with Gasteiger partial charge < -0.3 is 15.1 Å². The van der Waals surface area contributed by atoms with Gasteiger partial charge in [0.1, 0.15) is 12.1 Å². The zero-order valence-electron chi connectivity index (χ0n) is 15.8. The Morgan fingerprint density at radius 2 is 1.73 bits per heavy atom. The molecule has 4 rings (SSSR count). The van der Waals surface area contributed by atoms with Crippen LogP contribution in [0.25, 0.3) is 0 Å². The van der Waals surface area contributed by atoms with Crippen LogP contribution in [-0.4, -0.2) is 41.1 Å². The minimum atomic E-state index is -0.546. The van der Waals surface area contributed by atoms with E-state index in [1.165, 1.54) is 18.5 Å². The van der Waals surface area contributed by atoms with Crippen molar-refractivity contribution in [1.82, 2.24) is 9.97 Å². The summed E-state index contributed by atoms with van der Waals surface area (Å²) in [4.78, 5) is 23.6. The SMILES string of the molecule is O=[N+]([O-])c1c(Nc2ccc(Br)cc2F)ncnc1N1CCN(c2ccccc2)CC1. The summed E-state index contributed by atoms with van der Waals surface area (Å²) in [7, 11) is 0. The van der Waals surface area contributed by atoms with Crippen molar-refractivity contribution in [1.29, 1.82) is 0 Å². The van der Waals surface area contributed by atoms with Crippen LogP contribution in [0.4, 0.5) is 33.1 Å². The van der Waals surface area contributed by atoms with E-state index >= 15 is 0 Å². The predicted molar refractivity (Wildman–Crippen MR) is 117 cm³/mol. The highest BCUT2D eigenvalue weighted by Crippen LogP contribution is 2.35. The lowest BCUT2D eigenvalue weighted by molar-refractivity contribution is -0.383. The molecule has 1 aliphatic rings. The number of nitro groups is 1. The maximum atomic E-state index is 14.2. The first-order valence-electron chi connectivity index (χ1n) is 9.29. The van der Waals surface area contributed by atoms with Crippen molar-refractivity contribution in [3.63, 3.8) is 0 Å². The topological polar surface area (TPSA) is 87.4 Å². The molecule has 0 saturated carbocycles. The first-order valence-corrected chi connectivity index (χ1v) is 10.1. The molecule has 1 fully saturated rings. The summed E-state index contributed by atoms with van der Waals surface area (Å²) in [6.07, 6.45) is 1.25. The molecule has 1 aromatic heterocycles. The number of hydrogen-bond donors (Lipinski definition) is 1. The molecule has 154 valence electrons. The Kier molecular flexibility index (Phi) is 5.75. The first kappa shape index (κ1) is 20.0. The zero-order valence-corrected chi connectivity index (χ0v) is 17.4. The van der Waals surface area contributed by atoms with Crippen LogP contribution in [0.15, 0.2) is 59.3 Å². The van der Waals surface area contributed by atoms with Crippen LogP contribution in [0.3, 0.4) is 0 Å². The maximum Gasteiger partial charge on any atom is 0.353 e. The third-order valence-electron chi connectivity index (χ3n) is 4.87. The lowest BCUT2D eigenvalue weighted by Crippen LogP contribution is -2.47. The number of piperazine rings is 1. The van der Waals surface area contributed by atoms with Gasteiger partial charge in [0.15, 0.2) is 0 Å². The first-order chi connectivity index (χ1) is 14.5. The highest BCUT2D eigenvalue weighted by Gasteiger charge is 2.29. The van der Waals surface area contributed by atoms with Crippen molar-refractivity contribution in [3.05, 3.63) is 75.3 Å². The Bertz CT molecular complexity index is 1060. The molecule has 0 bridgehead atoms. The van der Waals surface area contributed by atoms with Crippen molar-refractivity contribution in [2.24, 2.45) is 0 Å². The maximum absolute atomic E-state index is 14.2. The Morgan fingerprint density at radius 3 is 2.40 bits per heavy atom. The Morgan fingerprint density at radius 1 is 1.03 bits per heavy atom. The average molecular weight is 473 g/mol. The monoisotopic (exact) mass is 472 g/mol. The van der Waals surface area contributed by atoms with E-state index in [1.807, 2.05) is 35.2 Å². The number of benzene rings is 2. The summed E-state index contributed by atoms with van der Waals surface area (Å²) in [5.74, 6) is -0.366. The van der Waals surface area contributed by atoms with E-state index in [0.717, 1.165) is 5.69 Å². The molecule has 2 heterocycles. The number of aromatic nitrogens is 2. The number of para-hydroxylation sites is 1. The summed E-state index contributed by atoms with van der Waals surface area (Å²) in [6, 6.07) is 14.4. The lowest BCUT2D eigenvalue weighted by Gasteiger charge is -2.36. The zero-order chi connectivity index (χ0) is 21.1. The van der Waals surface area contributed by atoms with Gasteiger partial charge in [-0.25, -0.2) is 14.4 Å². The highest BCUT2D eigenvalue weighted by molar-refractivity contribution is 9.10. The fourth-order valence-electron chi connectivity index (χ4n) is 3.39. The van der Waals surface area contributed by atoms with E-state index in [0.29, 0.717) is 30.7 Å². The molecule has 10 heteroatoms. The number of rotatable bonds is 5. The van der Waals surface area contributed by atoms with Gasteiger partial charge >= 0.3 is 5.69 Å². The minimum Gasteiger partial charge on any atom is -0.368 e. The summed E-state index contributed by atoms with van der Waals surface area (Å²) >= 11 is 3.19. The van der Waals surface area contributed by atoms with E-state index in [9.17, 15) is 14.5 Å². The fourth-order valence-corrected chi connectivity index (χ4v) is 3.73. The minimum absolute atomic E-state index is 0.0447. The molecule has 1 aliphatic heterocycles. The van der Waals surface area contributed by atoms with E-state index < -0.39 is 10.7 Å². The normalized spacial score (nSPS) is 13.9. The molecular formula is C20H18BrFN6O2. The van der Waals surface area contributed by atoms with Crippen molar-refractivity contribution >= 4 is 44.6 Å². The second-order valence-corrected chi connectivity index (χ2v) is 7.63. The van der Waals surface area contributed by atoms with Crippen LogP contribution >= 0.6 is 15.9 Å². The van der Waals surface area contributed by atoms with Crippen LogP contribution in [0.1, 0.15) is 0 Å². The lowest BCUT2D eigenvalue weighted by atomic mass is 10.2. The fraction of sp³-hybridized carbons (Fsp3) is 0.200. The molecule has 1 saturated heterocycles. The molecule has 30 heavy (non-hydrogen) atoms. The van der Waals surface area contributed by atoms with E-state index in [4.69, 9.17) is 0 Å². The number of nitrogens with one attached hydrogen (secondary N) is 1. The van der Waals surface area contributed by atoms with Gasteiger partial charge in [0.25, 0.3) is 0 Å². The summed E-state index contributed by atoms with van der Waals surface area (Å²) in [5.41, 5.74) is 0.940. The van der Waals surface area contributed by atoms with E-state index in [2.05, 4.69) is 36.1 Å². The van der Waals surface area contributed by atoms with Crippen molar-refractivity contribution in [2.45, 2.75) is 0 Å². The molecule has 8 nitrogen and oxygen atoms in total. The molecule has 0 unspecified atom stereocenters. The summed E-state index contributed by atoms with van der Waals surface area (Å²) in [6.45, 7) is 2.54. The third kappa shape index (κ3) is 4.18. The molecule has 0 radical (unpaired) electrons. The average Bonchev–Trinajstić information content (AvgIpc) is 2.76. The molecular weight excluding hydrogens is 455 g/mol. The Hall–Kier alpha value is -3.27. The molecule has 3 aromatic rings. The predicted octanol–water partition coefficient (Wildman–Crippen LogP) is 4.36. The van der Waals surface area contributed by atoms with Crippen LogP contribution in [0.2, 0.25) is 0 Å². The van der Waals surface area contributed by atoms with Gasteiger partial charge in [-0.15, -0.1) is 0 Å². The van der Waals surface area contributed by atoms with Gasteiger partial charge in [-0.05, 0) is 30.3 Å². The van der Waals surface area contributed by atoms with E-state index in [1.54, 1.807) is 6.07 Å². The highest BCUT2D eigenvalue weighted by atomic mass is 79.9. The van der Waals surface area contributed by atoms with Crippen LogP contribution in [0.5, 0.6) is 0 Å². The molecule has 0 amide bonds. The van der Waals surface area contributed by atoms with Gasteiger partial charge in [0.05, 0.1) is 10.6 Å². The summed E-state index contributed by atoms with van der Waals surface area (Å²) in [5, 5.41) is 14.6. The van der Waals surface area contributed by atoms with Crippen molar-refractivity contribution < 1.29 is 9.31 Å².